The highest BCUT2D eigenvalue weighted by Gasteiger charge is 1.99. The van der Waals surface area contributed by atoms with Crippen molar-refractivity contribution >= 4 is 11.3 Å². The summed E-state index contributed by atoms with van der Waals surface area (Å²) in [5.74, 6) is 5.82. The van der Waals surface area contributed by atoms with E-state index in [0.29, 0.717) is 0 Å². The van der Waals surface area contributed by atoms with Gasteiger partial charge in [-0.05, 0) is 20.3 Å². The van der Waals surface area contributed by atoms with Gasteiger partial charge in [-0.3, -0.25) is 0 Å². The van der Waals surface area contributed by atoms with Crippen LogP contribution in [0.4, 0.5) is 0 Å². The van der Waals surface area contributed by atoms with Gasteiger partial charge < -0.3 is 5.32 Å². The minimum Gasteiger partial charge on any atom is -0.306 e. The molecule has 0 atom stereocenters. The smallest absolute Gasteiger partial charge is 0.0797 e. The van der Waals surface area contributed by atoms with Crippen LogP contribution < -0.4 is 5.32 Å². The largest absolute Gasteiger partial charge is 0.306 e. The molecule has 1 aromatic rings. The van der Waals surface area contributed by atoms with Gasteiger partial charge in [0, 0.05) is 11.4 Å². The Morgan fingerprint density at radius 1 is 1.62 bits per heavy atom. The summed E-state index contributed by atoms with van der Waals surface area (Å²) in [6, 6.07) is 0. The summed E-state index contributed by atoms with van der Waals surface area (Å²) in [7, 11) is 0. The van der Waals surface area contributed by atoms with Gasteiger partial charge in [-0.25, -0.2) is 4.98 Å². The van der Waals surface area contributed by atoms with Crippen LogP contribution in [0.3, 0.4) is 0 Å². The van der Waals surface area contributed by atoms with Crippen LogP contribution in [-0.2, 0) is 6.42 Å². The SMILES string of the molecule is CC#CCNCCc1scnc1C. The summed E-state index contributed by atoms with van der Waals surface area (Å²) in [6.45, 7) is 5.68. The average Bonchev–Trinajstić information content (AvgIpc) is 2.52. The van der Waals surface area contributed by atoms with Crippen LogP contribution in [0.25, 0.3) is 0 Å². The van der Waals surface area contributed by atoms with Crippen molar-refractivity contribution in [2.45, 2.75) is 20.3 Å². The van der Waals surface area contributed by atoms with Crippen LogP contribution in [0.2, 0.25) is 0 Å². The molecule has 0 saturated heterocycles. The lowest BCUT2D eigenvalue weighted by molar-refractivity contribution is 0.755. The second-order valence-corrected chi connectivity index (χ2v) is 3.65. The predicted octanol–water partition coefficient (Wildman–Crippen LogP) is 1.61. The lowest BCUT2D eigenvalue weighted by Gasteiger charge is -1.98. The van der Waals surface area contributed by atoms with E-state index in [1.54, 1.807) is 11.3 Å². The number of hydrogen-bond donors (Lipinski definition) is 1. The summed E-state index contributed by atoms with van der Waals surface area (Å²) < 4.78 is 0. The summed E-state index contributed by atoms with van der Waals surface area (Å²) in [5, 5.41) is 3.26. The average molecular weight is 194 g/mol. The first kappa shape index (κ1) is 10.2. The lowest BCUT2D eigenvalue weighted by Crippen LogP contribution is -2.17. The van der Waals surface area contributed by atoms with Gasteiger partial charge in [0.1, 0.15) is 0 Å². The molecular formula is C10H14N2S. The molecule has 0 unspecified atom stereocenters. The molecule has 0 aliphatic rings. The van der Waals surface area contributed by atoms with Gasteiger partial charge >= 0.3 is 0 Å². The topological polar surface area (TPSA) is 24.9 Å². The number of thiazole rings is 1. The van der Waals surface area contributed by atoms with E-state index in [1.165, 1.54) is 4.88 Å². The number of nitrogens with one attached hydrogen (secondary N) is 1. The molecule has 0 saturated carbocycles. The van der Waals surface area contributed by atoms with E-state index in [4.69, 9.17) is 0 Å². The van der Waals surface area contributed by atoms with Crippen LogP contribution in [0.5, 0.6) is 0 Å². The zero-order chi connectivity index (χ0) is 9.52. The van der Waals surface area contributed by atoms with Crippen molar-refractivity contribution in [1.29, 1.82) is 0 Å². The van der Waals surface area contributed by atoms with E-state index in [2.05, 4.69) is 29.1 Å². The zero-order valence-corrected chi connectivity index (χ0v) is 8.87. The number of hydrogen-bond acceptors (Lipinski definition) is 3. The Morgan fingerprint density at radius 2 is 2.46 bits per heavy atom. The monoisotopic (exact) mass is 194 g/mol. The Morgan fingerprint density at radius 3 is 3.08 bits per heavy atom. The lowest BCUT2D eigenvalue weighted by atomic mass is 10.3. The van der Waals surface area contributed by atoms with E-state index in [1.807, 2.05) is 12.4 Å². The van der Waals surface area contributed by atoms with Crippen molar-refractivity contribution < 1.29 is 0 Å². The summed E-state index contributed by atoms with van der Waals surface area (Å²) in [6.07, 6.45) is 1.06. The van der Waals surface area contributed by atoms with E-state index < -0.39 is 0 Å². The Labute approximate surface area is 83.4 Å². The number of aryl methyl sites for hydroxylation is 1. The van der Waals surface area contributed by atoms with E-state index in [-0.39, 0.29) is 0 Å². The molecule has 0 aromatic carbocycles. The number of aromatic nitrogens is 1. The molecule has 0 radical (unpaired) electrons. The standard InChI is InChI=1S/C10H14N2S/c1-3-4-6-11-7-5-10-9(2)12-8-13-10/h8,11H,5-7H2,1-2H3. The van der Waals surface area contributed by atoms with Gasteiger partial charge in [0.15, 0.2) is 0 Å². The Balaban J connectivity index is 2.19. The molecule has 0 spiro atoms. The molecule has 70 valence electrons. The van der Waals surface area contributed by atoms with Crippen molar-refractivity contribution in [3.8, 4) is 11.8 Å². The van der Waals surface area contributed by atoms with Gasteiger partial charge in [-0.2, -0.15) is 0 Å². The minimum atomic E-state index is 0.786. The van der Waals surface area contributed by atoms with Gasteiger partial charge in [-0.1, -0.05) is 5.92 Å². The molecule has 0 aliphatic heterocycles. The van der Waals surface area contributed by atoms with Crippen molar-refractivity contribution in [1.82, 2.24) is 10.3 Å². The van der Waals surface area contributed by atoms with Gasteiger partial charge in [0.05, 0.1) is 17.7 Å². The van der Waals surface area contributed by atoms with Crippen molar-refractivity contribution in [3.05, 3.63) is 16.1 Å². The Kier molecular flexibility index (Phi) is 4.52. The third-order valence-electron chi connectivity index (χ3n) is 1.76. The molecule has 0 aliphatic carbocycles. The first-order valence-corrected chi connectivity index (χ1v) is 5.22. The molecule has 0 amide bonds. The third kappa shape index (κ3) is 3.58. The normalized spacial score (nSPS) is 9.38. The summed E-state index contributed by atoms with van der Waals surface area (Å²) in [4.78, 5) is 5.57. The highest BCUT2D eigenvalue weighted by molar-refractivity contribution is 7.09. The maximum atomic E-state index is 4.19. The number of nitrogens with zero attached hydrogens (tertiary/aromatic N) is 1. The molecule has 13 heavy (non-hydrogen) atoms. The summed E-state index contributed by atoms with van der Waals surface area (Å²) in [5.41, 5.74) is 3.06. The van der Waals surface area contributed by atoms with Crippen LogP contribution >= 0.6 is 11.3 Å². The Bertz CT molecular complexity index is 306. The fourth-order valence-corrected chi connectivity index (χ4v) is 1.79. The minimum absolute atomic E-state index is 0.786. The molecular weight excluding hydrogens is 180 g/mol. The van der Waals surface area contributed by atoms with Crippen molar-refractivity contribution in [2.24, 2.45) is 0 Å². The molecule has 1 rings (SSSR count). The van der Waals surface area contributed by atoms with Gasteiger partial charge in [-0.15, -0.1) is 17.3 Å². The second-order valence-electron chi connectivity index (χ2n) is 2.71. The highest BCUT2D eigenvalue weighted by Crippen LogP contribution is 2.11. The van der Waals surface area contributed by atoms with Crippen LogP contribution in [0.15, 0.2) is 5.51 Å². The Hall–Kier alpha value is -0.850. The van der Waals surface area contributed by atoms with Crippen LogP contribution in [0, 0.1) is 18.8 Å². The van der Waals surface area contributed by atoms with Crippen molar-refractivity contribution in [2.75, 3.05) is 13.1 Å². The first-order valence-electron chi connectivity index (χ1n) is 4.34. The molecule has 1 heterocycles. The maximum absolute atomic E-state index is 4.19. The van der Waals surface area contributed by atoms with Crippen molar-refractivity contribution in [3.63, 3.8) is 0 Å². The van der Waals surface area contributed by atoms with E-state index in [9.17, 15) is 0 Å². The molecule has 3 heteroatoms. The molecule has 0 bridgehead atoms. The van der Waals surface area contributed by atoms with Gasteiger partial charge in [0.2, 0.25) is 0 Å². The maximum Gasteiger partial charge on any atom is 0.0797 e. The summed E-state index contributed by atoms with van der Waals surface area (Å²) >= 11 is 1.73. The number of rotatable bonds is 4. The second kappa shape index (κ2) is 5.74. The van der Waals surface area contributed by atoms with Crippen LogP contribution in [-0.4, -0.2) is 18.1 Å². The molecule has 1 aromatic heterocycles. The van der Waals surface area contributed by atoms with E-state index >= 15 is 0 Å². The quantitative estimate of drug-likeness (QED) is 0.582. The molecule has 0 fully saturated rings. The third-order valence-corrected chi connectivity index (χ3v) is 2.76. The zero-order valence-electron chi connectivity index (χ0n) is 8.05. The fraction of sp³-hybridized carbons (Fsp3) is 0.500. The van der Waals surface area contributed by atoms with E-state index in [0.717, 1.165) is 25.2 Å². The predicted molar refractivity (Wildman–Crippen MR) is 56.9 cm³/mol. The fourth-order valence-electron chi connectivity index (χ4n) is 1.01. The van der Waals surface area contributed by atoms with Gasteiger partial charge in [0.25, 0.3) is 0 Å². The highest BCUT2D eigenvalue weighted by atomic mass is 32.1. The van der Waals surface area contributed by atoms with Crippen LogP contribution in [0.1, 0.15) is 17.5 Å². The molecule has 2 nitrogen and oxygen atoms in total. The first-order chi connectivity index (χ1) is 6.34. The molecule has 1 N–H and O–H groups in total.